The zero-order valence-electron chi connectivity index (χ0n) is 9.09. The summed E-state index contributed by atoms with van der Waals surface area (Å²) in [5.74, 6) is -6.40. The maximum atomic E-state index is 13.3. The summed E-state index contributed by atoms with van der Waals surface area (Å²) in [4.78, 5) is 7.19. The molecular formula is C11H4F4N4. The van der Waals surface area contributed by atoms with Gasteiger partial charge in [-0.15, -0.1) is 0 Å². The molecule has 0 aliphatic rings. The Hall–Kier alpha value is -2.69. The molecule has 1 aromatic carbocycles. The maximum absolute atomic E-state index is 13.3. The molecule has 0 saturated carbocycles. The molecule has 0 radical (unpaired) electrons. The van der Waals surface area contributed by atoms with E-state index in [1.807, 2.05) is 0 Å². The average Bonchev–Trinajstić information content (AvgIpc) is 2.42. The molecule has 2 aromatic rings. The summed E-state index contributed by atoms with van der Waals surface area (Å²) in [7, 11) is 0. The Morgan fingerprint density at radius 1 is 1.00 bits per heavy atom. The summed E-state index contributed by atoms with van der Waals surface area (Å²) in [5, 5.41) is 10.5. The molecule has 19 heavy (non-hydrogen) atoms. The summed E-state index contributed by atoms with van der Waals surface area (Å²) >= 11 is 0. The number of halogens is 4. The van der Waals surface area contributed by atoms with Crippen molar-refractivity contribution in [3.63, 3.8) is 0 Å². The molecule has 0 amide bonds. The Labute approximate surface area is 104 Å². The van der Waals surface area contributed by atoms with Gasteiger partial charge >= 0.3 is 0 Å². The lowest BCUT2D eigenvalue weighted by Crippen LogP contribution is -2.04. The molecule has 0 bridgehead atoms. The fourth-order valence-corrected chi connectivity index (χ4v) is 1.26. The van der Waals surface area contributed by atoms with Crippen LogP contribution in [-0.4, -0.2) is 9.97 Å². The van der Waals surface area contributed by atoms with Crippen LogP contribution >= 0.6 is 0 Å². The van der Waals surface area contributed by atoms with E-state index in [2.05, 4.69) is 15.3 Å². The number of nitriles is 1. The number of nitrogens with one attached hydrogen (secondary N) is 1. The number of hydrogen-bond donors (Lipinski definition) is 1. The lowest BCUT2D eigenvalue weighted by Gasteiger charge is -2.08. The Bertz CT molecular complexity index is 638. The average molecular weight is 268 g/mol. The Balaban J connectivity index is 2.40. The van der Waals surface area contributed by atoms with Crippen LogP contribution in [0.1, 0.15) is 5.69 Å². The van der Waals surface area contributed by atoms with Crippen LogP contribution in [-0.2, 0) is 0 Å². The van der Waals surface area contributed by atoms with Crippen LogP contribution in [0.2, 0.25) is 0 Å². The fourth-order valence-electron chi connectivity index (χ4n) is 1.26. The second-order valence-electron chi connectivity index (χ2n) is 3.37. The Morgan fingerprint density at radius 2 is 1.63 bits per heavy atom. The van der Waals surface area contributed by atoms with Crippen LogP contribution in [0.15, 0.2) is 18.5 Å². The standard InChI is InChI=1S/C11H4F4N4/c12-6-1-7(13)10(15)11(9(6)14)19-8-4-17-5(2-16)3-18-8/h1,3-4H,(H,18,19). The molecule has 8 heteroatoms. The van der Waals surface area contributed by atoms with Crippen molar-refractivity contribution in [1.82, 2.24) is 9.97 Å². The third-order valence-corrected chi connectivity index (χ3v) is 2.13. The van der Waals surface area contributed by atoms with Crippen LogP contribution in [0, 0.1) is 34.6 Å². The molecule has 0 saturated heterocycles. The van der Waals surface area contributed by atoms with Gasteiger partial charge in [-0.05, 0) is 0 Å². The highest BCUT2D eigenvalue weighted by Gasteiger charge is 2.19. The molecule has 4 nitrogen and oxygen atoms in total. The van der Waals surface area contributed by atoms with Crippen molar-refractivity contribution in [2.75, 3.05) is 5.32 Å². The quantitative estimate of drug-likeness (QED) is 0.671. The molecule has 0 aliphatic carbocycles. The summed E-state index contributed by atoms with van der Waals surface area (Å²) in [6, 6.07) is 1.79. The van der Waals surface area contributed by atoms with Crippen molar-refractivity contribution in [1.29, 1.82) is 5.26 Å². The Morgan fingerprint density at radius 3 is 2.11 bits per heavy atom. The number of hydrogen-bond acceptors (Lipinski definition) is 4. The van der Waals surface area contributed by atoms with E-state index in [1.165, 1.54) is 0 Å². The first-order valence-electron chi connectivity index (χ1n) is 4.85. The van der Waals surface area contributed by atoms with Gasteiger partial charge in [-0.1, -0.05) is 0 Å². The molecule has 1 N–H and O–H groups in total. The molecule has 0 unspecified atom stereocenters. The smallest absolute Gasteiger partial charge is 0.185 e. The van der Waals surface area contributed by atoms with Gasteiger partial charge in [0.25, 0.3) is 0 Å². The van der Waals surface area contributed by atoms with E-state index in [0.29, 0.717) is 0 Å². The molecule has 0 fully saturated rings. The molecule has 0 spiro atoms. The minimum atomic E-state index is -1.58. The van der Waals surface area contributed by atoms with Crippen molar-refractivity contribution in [3.8, 4) is 6.07 Å². The number of rotatable bonds is 2. The highest BCUT2D eigenvalue weighted by atomic mass is 19.2. The fraction of sp³-hybridized carbons (Fsp3) is 0. The van der Waals surface area contributed by atoms with Crippen molar-refractivity contribution >= 4 is 11.5 Å². The first-order chi connectivity index (χ1) is 9.02. The van der Waals surface area contributed by atoms with Crippen molar-refractivity contribution < 1.29 is 17.6 Å². The highest BCUT2D eigenvalue weighted by molar-refractivity contribution is 5.57. The molecular weight excluding hydrogens is 264 g/mol. The molecule has 1 aromatic heterocycles. The molecule has 96 valence electrons. The number of aromatic nitrogens is 2. The summed E-state index contributed by atoms with van der Waals surface area (Å²) in [5.41, 5.74) is -1.03. The topological polar surface area (TPSA) is 61.6 Å². The van der Waals surface area contributed by atoms with E-state index in [1.54, 1.807) is 6.07 Å². The van der Waals surface area contributed by atoms with Crippen LogP contribution in [0.3, 0.4) is 0 Å². The summed E-state index contributed by atoms with van der Waals surface area (Å²) in [6.07, 6.45) is 2.04. The van der Waals surface area contributed by atoms with Crippen LogP contribution in [0.4, 0.5) is 29.1 Å². The monoisotopic (exact) mass is 268 g/mol. The van der Waals surface area contributed by atoms with Gasteiger partial charge in [-0.2, -0.15) is 5.26 Å². The lowest BCUT2D eigenvalue weighted by atomic mass is 10.2. The van der Waals surface area contributed by atoms with E-state index in [-0.39, 0.29) is 17.6 Å². The van der Waals surface area contributed by atoms with Crippen LogP contribution in [0.5, 0.6) is 0 Å². The van der Waals surface area contributed by atoms with E-state index in [0.717, 1.165) is 12.4 Å². The van der Waals surface area contributed by atoms with Gasteiger partial charge in [0.1, 0.15) is 17.6 Å². The minimum Gasteiger partial charge on any atom is -0.334 e. The van der Waals surface area contributed by atoms with E-state index < -0.39 is 29.0 Å². The normalized spacial score (nSPS) is 10.1. The van der Waals surface area contributed by atoms with Crippen molar-refractivity contribution in [2.24, 2.45) is 0 Å². The van der Waals surface area contributed by atoms with E-state index >= 15 is 0 Å². The first kappa shape index (κ1) is 12.8. The zero-order valence-corrected chi connectivity index (χ0v) is 9.09. The predicted molar refractivity (Wildman–Crippen MR) is 56.3 cm³/mol. The van der Waals surface area contributed by atoms with Crippen molar-refractivity contribution in [3.05, 3.63) is 47.4 Å². The molecule has 2 rings (SSSR count). The second kappa shape index (κ2) is 4.89. The minimum absolute atomic E-state index is 0.0167. The highest BCUT2D eigenvalue weighted by Crippen LogP contribution is 2.26. The second-order valence-corrected chi connectivity index (χ2v) is 3.37. The third-order valence-electron chi connectivity index (χ3n) is 2.13. The predicted octanol–water partition coefficient (Wildman–Crippen LogP) is 2.65. The maximum Gasteiger partial charge on any atom is 0.185 e. The largest absolute Gasteiger partial charge is 0.334 e. The van der Waals surface area contributed by atoms with Crippen LogP contribution in [0.25, 0.3) is 0 Å². The van der Waals surface area contributed by atoms with Gasteiger partial charge in [0.15, 0.2) is 29.0 Å². The van der Waals surface area contributed by atoms with Gasteiger partial charge in [0, 0.05) is 6.07 Å². The van der Waals surface area contributed by atoms with Gasteiger partial charge in [0.2, 0.25) is 0 Å². The number of anilines is 2. The zero-order chi connectivity index (χ0) is 14.0. The summed E-state index contributed by atoms with van der Waals surface area (Å²) in [6.45, 7) is 0. The Kier molecular flexibility index (Phi) is 3.29. The summed E-state index contributed by atoms with van der Waals surface area (Å²) < 4.78 is 52.5. The van der Waals surface area contributed by atoms with Crippen molar-refractivity contribution in [2.45, 2.75) is 0 Å². The van der Waals surface area contributed by atoms with Gasteiger partial charge in [0.05, 0.1) is 12.4 Å². The molecule has 1 heterocycles. The SMILES string of the molecule is N#Cc1cnc(Nc2c(F)c(F)cc(F)c2F)cn1. The van der Waals surface area contributed by atoms with Crippen LogP contribution < -0.4 is 5.32 Å². The lowest BCUT2D eigenvalue weighted by molar-refractivity contribution is 0.459. The number of benzene rings is 1. The van der Waals surface area contributed by atoms with Gasteiger partial charge in [-0.25, -0.2) is 27.5 Å². The first-order valence-corrected chi connectivity index (χ1v) is 4.85. The third kappa shape index (κ3) is 2.44. The van der Waals surface area contributed by atoms with E-state index in [9.17, 15) is 17.6 Å². The van der Waals surface area contributed by atoms with Gasteiger partial charge in [-0.3, -0.25) is 0 Å². The molecule has 0 atom stereocenters. The van der Waals surface area contributed by atoms with Gasteiger partial charge < -0.3 is 5.32 Å². The van der Waals surface area contributed by atoms with E-state index in [4.69, 9.17) is 5.26 Å². The number of nitrogens with zero attached hydrogens (tertiary/aromatic N) is 3. The molecule has 0 aliphatic heterocycles.